The van der Waals surface area contributed by atoms with Crippen LogP contribution in [-0.2, 0) is 5.41 Å². The second kappa shape index (κ2) is 9.00. The van der Waals surface area contributed by atoms with Crippen LogP contribution in [0.15, 0.2) is 29.1 Å². The number of nitrogens with zero attached hydrogens (tertiary/aromatic N) is 2. The number of carbonyl (C=O) groups excluding carboxylic acids is 1. The number of H-pyrrole nitrogens is 1. The minimum absolute atomic E-state index is 0.0211. The highest BCUT2D eigenvalue weighted by molar-refractivity contribution is 5.94. The second-order valence-electron chi connectivity index (χ2n) is 8.87. The van der Waals surface area contributed by atoms with Crippen LogP contribution in [0.1, 0.15) is 67.1 Å². The van der Waals surface area contributed by atoms with Crippen molar-refractivity contribution in [3.05, 3.63) is 57.3 Å². The summed E-state index contributed by atoms with van der Waals surface area (Å²) >= 11 is 0. The van der Waals surface area contributed by atoms with E-state index in [1.807, 2.05) is 39.0 Å². The van der Waals surface area contributed by atoms with Crippen LogP contribution in [0.5, 0.6) is 5.75 Å². The van der Waals surface area contributed by atoms with Crippen LogP contribution in [0.25, 0.3) is 0 Å². The monoisotopic (exact) mass is 412 g/mol. The van der Waals surface area contributed by atoms with Gasteiger partial charge in [-0.3, -0.25) is 14.5 Å². The number of nitrogens with one attached hydrogen (secondary N) is 2. The summed E-state index contributed by atoms with van der Waals surface area (Å²) in [6.45, 7) is 10.0. The van der Waals surface area contributed by atoms with Gasteiger partial charge >= 0.3 is 0 Å². The Hall–Kier alpha value is -2.67. The van der Waals surface area contributed by atoms with Crippen molar-refractivity contribution < 1.29 is 9.53 Å². The van der Waals surface area contributed by atoms with Crippen LogP contribution in [-0.4, -0.2) is 47.5 Å². The summed E-state index contributed by atoms with van der Waals surface area (Å²) in [7, 11) is 1.65. The summed E-state index contributed by atoms with van der Waals surface area (Å²) in [5.74, 6) is 0.971. The van der Waals surface area contributed by atoms with E-state index in [-0.39, 0.29) is 17.0 Å². The molecule has 162 valence electrons. The number of hydrogen-bond donors (Lipinski definition) is 2. The molecule has 0 saturated carbocycles. The first-order chi connectivity index (χ1) is 14.2. The van der Waals surface area contributed by atoms with E-state index in [9.17, 15) is 9.59 Å². The Kier molecular flexibility index (Phi) is 6.61. The number of ether oxygens (including phenoxy) is 1. The quantitative estimate of drug-likeness (QED) is 0.762. The highest BCUT2D eigenvalue weighted by Crippen LogP contribution is 2.27. The van der Waals surface area contributed by atoms with E-state index >= 15 is 0 Å². The molecule has 0 radical (unpaired) electrons. The number of likely N-dealkylation sites (tertiary alicyclic amines) is 1. The molecule has 0 aliphatic carbocycles. The summed E-state index contributed by atoms with van der Waals surface area (Å²) in [6, 6.07) is 7.95. The number of amides is 1. The van der Waals surface area contributed by atoms with Crippen molar-refractivity contribution >= 4 is 5.91 Å². The molecule has 2 aromatic rings. The highest BCUT2D eigenvalue weighted by Gasteiger charge is 2.26. The molecule has 1 atom stereocenters. The molecule has 1 unspecified atom stereocenters. The number of rotatable bonds is 6. The number of aryl methyl sites for hydroxylation is 1. The van der Waals surface area contributed by atoms with Crippen LogP contribution in [0.2, 0.25) is 0 Å². The third kappa shape index (κ3) is 4.90. The number of hydrogen-bond acceptors (Lipinski definition) is 5. The van der Waals surface area contributed by atoms with E-state index in [1.165, 1.54) is 0 Å². The molecule has 1 aliphatic heterocycles. The molecule has 7 nitrogen and oxygen atoms in total. The zero-order chi connectivity index (χ0) is 21.9. The predicted octanol–water partition coefficient (Wildman–Crippen LogP) is 2.95. The van der Waals surface area contributed by atoms with E-state index in [0.29, 0.717) is 18.1 Å². The van der Waals surface area contributed by atoms with Gasteiger partial charge in [0.25, 0.3) is 11.5 Å². The summed E-state index contributed by atoms with van der Waals surface area (Å²) in [4.78, 5) is 35.1. The maximum atomic E-state index is 12.9. The maximum Gasteiger partial charge on any atom is 0.264 e. The Morgan fingerprint density at radius 2 is 2.00 bits per heavy atom. The second-order valence-corrected chi connectivity index (χ2v) is 8.87. The molecule has 7 heteroatoms. The molecule has 30 heavy (non-hydrogen) atoms. The number of methoxy groups -OCH3 is 1. The molecule has 0 bridgehead atoms. The molecule has 2 heterocycles. The van der Waals surface area contributed by atoms with Crippen molar-refractivity contribution in [2.75, 3.05) is 26.7 Å². The number of carbonyl (C=O) groups is 1. The summed E-state index contributed by atoms with van der Waals surface area (Å²) in [5, 5.41) is 2.97. The first kappa shape index (κ1) is 22.0. The van der Waals surface area contributed by atoms with Gasteiger partial charge in [-0.25, -0.2) is 4.98 Å². The van der Waals surface area contributed by atoms with Gasteiger partial charge in [0.2, 0.25) is 0 Å². The van der Waals surface area contributed by atoms with Crippen molar-refractivity contribution in [2.45, 2.75) is 52.0 Å². The summed E-state index contributed by atoms with van der Waals surface area (Å²) in [6.07, 6.45) is 2.29. The summed E-state index contributed by atoms with van der Waals surface area (Å²) in [5.41, 5.74) is 0.910. The van der Waals surface area contributed by atoms with Gasteiger partial charge in [0.15, 0.2) is 0 Å². The Morgan fingerprint density at radius 1 is 1.30 bits per heavy atom. The van der Waals surface area contributed by atoms with Gasteiger partial charge in [0.05, 0.1) is 18.8 Å². The lowest BCUT2D eigenvalue weighted by molar-refractivity contribution is 0.0935. The van der Waals surface area contributed by atoms with Gasteiger partial charge in [-0.05, 0) is 50.6 Å². The zero-order valence-corrected chi connectivity index (χ0v) is 18.5. The first-order valence-electron chi connectivity index (χ1n) is 10.5. The lowest BCUT2D eigenvalue weighted by Crippen LogP contribution is -2.39. The molecule has 1 fully saturated rings. The highest BCUT2D eigenvalue weighted by atomic mass is 16.5. The lowest BCUT2D eigenvalue weighted by atomic mass is 9.95. The lowest BCUT2D eigenvalue weighted by Gasteiger charge is -2.28. The molecule has 0 spiro atoms. The van der Waals surface area contributed by atoms with Crippen LogP contribution in [0.3, 0.4) is 0 Å². The van der Waals surface area contributed by atoms with Gasteiger partial charge in [-0.1, -0.05) is 32.9 Å². The number of benzene rings is 1. The Labute approximate surface area is 177 Å². The SMILES string of the molecule is COc1cccc(C(CNC(=O)c2c(C)nc(C(C)(C)C)[nH]c2=O)N2CCCC2)c1. The standard InChI is InChI=1S/C23H32N4O3/c1-15-19(21(29)26-22(25-15)23(2,3)4)20(28)24-14-18(27-11-6-7-12-27)16-9-8-10-17(13-16)30-5/h8-10,13,18H,6-7,11-12,14H2,1-5H3,(H,24,28)(H,25,26,29). The first-order valence-corrected chi connectivity index (χ1v) is 10.5. The van der Waals surface area contributed by atoms with Crippen molar-refractivity contribution in [3.8, 4) is 5.75 Å². The van der Waals surface area contributed by atoms with Crippen LogP contribution < -0.4 is 15.6 Å². The fourth-order valence-electron chi connectivity index (χ4n) is 3.85. The third-order valence-electron chi connectivity index (χ3n) is 5.55. The van der Waals surface area contributed by atoms with Gasteiger partial charge in [-0.2, -0.15) is 0 Å². The largest absolute Gasteiger partial charge is 0.497 e. The van der Waals surface area contributed by atoms with Gasteiger partial charge in [-0.15, -0.1) is 0 Å². The molecule has 1 aliphatic rings. The molecule has 2 N–H and O–H groups in total. The van der Waals surface area contributed by atoms with E-state index < -0.39 is 11.5 Å². The molecular weight excluding hydrogens is 380 g/mol. The molecule has 3 rings (SSSR count). The van der Waals surface area contributed by atoms with E-state index in [2.05, 4.69) is 26.3 Å². The average Bonchev–Trinajstić information content (AvgIpc) is 3.21. The fraction of sp³-hybridized carbons (Fsp3) is 0.522. The fourth-order valence-corrected chi connectivity index (χ4v) is 3.85. The van der Waals surface area contributed by atoms with Gasteiger partial charge in [0.1, 0.15) is 17.1 Å². The molecule has 1 aromatic heterocycles. The minimum Gasteiger partial charge on any atom is -0.497 e. The predicted molar refractivity (Wildman–Crippen MR) is 117 cm³/mol. The summed E-state index contributed by atoms with van der Waals surface area (Å²) < 4.78 is 5.37. The molecule has 1 amide bonds. The van der Waals surface area contributed by atoms with Gasteiger partial charge in [0, 0.05) is 12.0 Å². The smallest absolute Gasteiger partial charge is 0.264 e. The number of aromatic nitrogens is 2. The minimum atomic E-state index is -0.399. The molecule has 1 saturated heterocycles. The van der Waals surface area contributed by atoms with E-state index in [1.54, 1.807) is 14.0 Å². The van der Waals surface area contributed by atoms with Crippen LogP contribution in [0, 0.1) is 6.92 Å². The number of aromatic amines is 1. The van der Waals surface area contributed by atoms with Crippen LogP contribution in [0.4, 0.5) is 0 Å². The van der Waals surface area contributed by atoms with Gasteiger partial charge < -0.3 is 15.0 Å². The van der Waals surface area contributed by atoms with Crippen molar-refractivity contribution in [2.24, 2.45) is 0 Å². The Balaban J connectivity index is 1.82. The molecule has 1 aromatic carbocycles. The van der Waals surface area contributed by atoms with E-state index in [4.69, 9.17) is 4.74 Å². The van der Waals surface area contributed by atoms with Crippen molar-refractivity contribution in [1.82, 2.24) is 20.2 Å². The normalized spacial score (nSPS) is 15.8. The third-order valence-corrected chi connectivity index (χ3v) is 5.55. The van der Waals surface area contributed by atoms with Crippen molar-refractivity contribution in [1.29, 1.82) is 0 Å². The Bertz CT molecular complexity index is 956. The van der Waals surface area contributed by atoms with Crippen LogP contribution >= 0.6 is 0 Å². The van der Waals surface area contributed by atoms with Crippen molar-refractivity contribution in [3.63, 3.8) is 0 Å². The zero-order valence-electron chi connectivity index (χ0n) is 18.5. The maximum absolute atomic E-state index is 12.9. The Morgan fingerprint density at radius 3 is 2.60 bits per heavy atom. The topological polar surface area (TPSA) is 87.3 Å². The molecular formula is C23H32N4O3. The van der Waals surface area contributed by atoms with E-state index in [0.717, 1.165) is 37.2 Å². The average molecular weight is 413 g/mol.